The van der Waals surface area contributed by atoms with Crippen molar-refractivity contribution in [1.29, 1.82) is 0 Å². The predicted octanol–water partition coefficient (Wildman–Crippen LogP) is 1.88. The lowest BCUT2D eigenvalue weighted by molar-refractivity contribution is 0.408. The minimum Gasteiger partial charge on any atom is -0.308 e. The number of nitrogens with zero attached hydrogens (tertiary/aromatic N) is 4. The fraction of sp³-hybridized carbons (Fsp3) is 0.727. The highest BCUT2D eigenvalue weighted by molar-refractivity contribution is 7.16. The molecule has 1 N–H and O–H groups in total. The van der Waals surface area contributed by atoms with E-state index in [0.717, 1.165) is 17.3 Å². The van der Waals surface area contributed by atoms with E-state index in [4.69, 9.17) is 5.10 Å². The molecule has 90 valence electrons. The molecular formula is C11H15N5S. The molecular weight excluding hydrogens is 234 g/mol. The summed E-state index contributed by atoms with van der Waals surface area (Å²) in [5.74, 6) is 1.68. The van der Waals surface area contributed by atoms with Gasteiger partial charge < -0.3 is 5.32 Å². The number of hydrogen-bond acceptors (Lipinski definition) is 5. The third kappa shape index (κ3) is 1.66. The van der Waals surface area contributed by atoms with Gasteiger partial charge in [0.1, 0.15) is 5.01 Å². The van der Waals surface area contributed by atoms with E-state index in [1.807, 2.05) is 4.52 Å². The van der Waals surface area contributed by atoms with Gasteiger partial charge in [-0.05, 0) is 32.2 Å². The zero-order valence-corrected chi connectivity index (χ0v) is 10.4. The first kappa shape index (κ1) is 9.96. The zero-order valence-electron chi connectivity index (χ0n) is 9.59. The average molecular weight is 249 g/mol. The molecule has 5 nitrogen and oxygen atoms in total. The van der Waals surface area contributed by atoms with Crippen LogP contribution in [0, 0.1) is 0 Å². The number of hydrogen-bond donors (Lipinski definition) is 1. The Labute approximate surface area is 103 Å². The molecule has 1 atom stereocenters. The van der Waals surface area contributed by atoms with E-state index in [2.05, 4.69) is 15.5 Å². The molecule has 0 bridgehead atoms. The first-order valence-electron chi connectivity index (χ1n) is 6.37. The van der Waals surface area contributed by atoms with Gasteiger partial charge in [0, 0.05) is 5.92 Å². The van der Waals surface area contributed by atoms with Gasteiger partial charge in [0.2, 0.25) is 4.96 Å². The lowest BCUT2D eigenvalue weighted by atomic mass is 10.1. The average Bonchev–Trinajstić information content (AvgIpc) is 3.00. The summed E-state index contributed by atoms with van der Waals surface area (Å²) < 4.78 is 1.97. The van der Waals surface area contributed by atoms with Crippen molar-refractivity contribution < 1.29 is 0 Å². The summed E-state index contributed by atoms with van der Waals surface area (Å²) in [6.07, 6.45) is 6.27. The van der Waals surface area contributed by atoms with Crippen molar-refractivity contribution in [3.63, 3.8) is 0 Å². The van der Waals surface area contributed by atoms with Gasteiger partial charge in [-0.15, -0.1) is 10.2 Å². The molecule has 2 aliphatic rings. The van der Waals surface area contributed by atoms with E-state index in [9.17, 15) is 0 Å². The summed E-state index contributed by atoms with van der Waals surface area (Å²) in [7, 11) is 0. The van der Waals surface area contributed by atoms with Crippen molar-refractivity contribution in [2.45, 2.75) is 44.1 Å². The number of aromatic nitrogens is 4. The molecule has 1 aliphatic heterocycles. The second-order valence-corrected chi connectivity index (χ2v) is 5.96. The number of fused-ring (bicyclic) bond motifs is 1. The van der Waals surface area contributed by atoms with Crippen LogP contribution in [-0.4, -0.2) is 26.4 Å². The number of rotatable bonds is 2. The predicted molar refractivity (Wildman–Crippen MR) is 65.2 cm³/mol. The van der Waals surface area contributed by atoms with Crippen LogP contribution in [0.2, 0.25) is 0 Å². The molecule has 6 heteroatoms. The Hall–Kier alpha value is -1.01. The molecule has 2 aromatic rings. The van der Waals surface area contributed by atoms with Crippen molar-refractivity contribution in [1.82, 2.24) is 25.1 Å². The Morgan fingerprint density at radius 1 is 1.18 bits per heavy atom. The molecule has 1 aliphatic carbocycles. The maximum absolute atomic E-state index is 4.71. The summed E-state index contributed by atoms with van der Waals surface area (Å²) in [4.78, 5) is 0.953. The molecule has 1 saturated carbocycles. The Bertz CT molecular complexity index is 535. The summed E-state index contributed by atoms with van der Waals surface area (Å²) in [5, 5.41) is 17.9. The molecule has 2 fully saturated rings. The molecule has 4 rings (SSSR count). The van der Waals surface area contributed by atoms with Crippen LogP contribution < -0.4 is 5.32 Å². The SMILES string of the molecule is C1CCC(c2nn3c(C4CC4)nnc3s2)NC1. The van der Waals surface area contributed by atoms with E-state index >= 15 is 0 Å². The van der Waals surface area contributed by atoms with Gasteiger partial charge >= 0.3 is 0 Å². The van der Waals surface area contributed by atoms with E-state index < -0.39 is 0 Å². The van der Waals surface area contributed by atoms with Gasteiger partial charge in [-0.1, -0.05) is 17.8 Å². The van der Waals surface area contributed by atoms with Crippen LogP contribution in [0.15, 0.2) is 0 Å². The summed E-state index contributed by atoms with van der Waals surface area (Å²) in [6, 6.07) is 0.433. The minimum absolute atomic E-state index is 0.433. The van der Waals surface area contributed by atoms with E-state index in [-0.39, 0.29) is 0 Å². The largest absolute Gasteiger partial charge is 0.308 e. The maximum atomic E-state index is 4.71. The normalized spacial score (nSPS) is 25.5. The van der Waals surface area contributed by atoms with Crippen LogP contribution in [0.3, 0.4) is 0 Å². The van der Waals surface area contributed by atoms with Crippen molar-refractivity contribution in [2.75, 3.05) is 6.54 Å². The molecule has 1 unspecified atom stereocenters. The molecule has 0 amide bonds. The van der Waals surface area contributed by atoms with Crippen LogP contribution in [0.4, 0.5) is 0 Å². The Morgan fingerprint density at radius 3 is 2.88 bits per heavy atom. The topological polar surface area (TPSA) is 55.1 Å². The highest BCUT2D eigenvalue weighted by Crippen LogP contribution is 2.39. The summed E-state index contributed by atoms with van der Waals surface area (Å²) >= 11 is 1.69. The quantitative estimate of drug-likeness (QED) is 0.883. The van der Waals surface area contributed by atoms with Gasteiger partial charge in [-0.25, -0.2) is 0 Å². The van der Waals surface area contributed by atoms with Crippen molar-refractivity contribution in [2.24, 2.45) is 0 Å². The third-order valence-electron chi connectivity index (χ3n) is 3.58. The van der Waals surface area contributed by atoms with E-state index in [0.29, 0.717) is 12.0 Å². The fourth-order valence-corrected chi connectivity index (χ4v) is 3.40. The first-order valence-corrected chi connectivity index (χ1v) is 7.19. The fourth-order valence-electron chi connectivity index (χ4n) is 2.45. The van der Waals surface area contributed by atoms with E-state index in [1.165, 1.54) is 37.1 Å². The van der Waals surface area contributed by atoms with Crippen LogP contribution in [0.5, 0.6) is 0 Å². The monoisotopic (exact) mass is 249 g/mol. The zero-order chi connectivity index (χ0) is 11.2. The van der Waals surface area contributed by atoms with Gasteiger partial charge in [0.25, 0.3) is 0 Å². The molecule has 0 aromatic carbocycles. The molecule has 17 heavy (non-hydrogen) atoms. The van der Waals surface area contributed by atoms with Crippen molar-refractivity contribution >= 4 is 16.3 Å². The maximum Gasteiger partial charge on any atom is 0.234 e. The van der Waals surface area contributed by atoms with Crippen LogP contribution in [0.1, 0.15) is 54.9 Å². The van der Waals surface area contributed by atoms with Crippen molar-refractivity contribution in [3.05, 3.63) is 10.8 Å². The molecule has 2 aromatic heterocycles. The van der Waals surface area contributed by atoms with Crippen LogP contribution >= 0.6 is 11.3 Å². The smallest absolute Gasteiger partial charge is 0.234 e. The van der Waals surface area contributed by atoms with Gasteiger partial charge in [0.05, 0.1) is 6.04 Å². The van der Waals surface area contributed by atoms with E-state index in [1.54, 1.807) is 11.3 Å². The molecule has 3 heterocycles. The van der Waals surface area contributed by atoms with Crippen LogP contribution in [-0.2, 0) is 0 Å². The van der Waals surface area contributed by atoms with Gasteiger partial charge in [-0.2, -0.15) is 9.61 Å². The molecule has 0 radical (unpaired) electrons. The van der Waals surface area contributed by atoms with Crippen molar-refractivity contribution in [3.8, 4) is 0 Å². The summed E-state index contributed by atoms with van der Waals surface area (Å²) in [5.41, 5.74) is 0. The highest BCUT2D eigenvalue weighted by Gasteiger charge is 2.30. The lowest BCUT2D eigenvalue weighted by Crippen LogP contribution is -2.26. The minimum atomic E-state index is 0.433. The molecule has 1 saturated heterocycles. The Kier molecular flexibility index (Phi) is 2.19. The second-order valence-electron chi connectivity index (χ2n) is 4.97. The highest BCUT2D eigenvalue weighted by atomic mass is 32.1. The summed E-state index contributed by atoms with van der Waals surface area (Å²) in [6.45, 7) is 1.11. The Balaban J connectivity index is 1.71. The molecule has 0 spiro atoms. The standard InChI is InChI=1S/C11H15N5S/c1-2-6-12-8(3-1)10-15-16-9(7-4-5-7)13-14-11(16)17-10/h7-8,12H,1-6H2. The van der Waals surface area contributed by atoms with Crippen LogP contribution in [0.25, 0.3) is 4.96 Å². The van der Waals surface area contributed by atoms with Gasteiger partial charge in [-0.3, -0.25) is 0 Å². The second kappa shape index (κ2) is 3.74. The first-order chi connectivity index (χ1) is 8.42. The van der Waals surface area contributed by atoms with Gasteiger partial charge in [0.15, 0.2) is 5.82 Å². The number of nitrogens with one attached hydrogen (secondary N) is 1. The Morgan fingerprint density at radius 2 is 2.12 bits per heavy atom. The number of piperidine rings is 1. The lowest BCUT2D eigenvalue weighted by Gasteiger charge is -2.20. The third-order valence-corrected chi connectivity index (χ3v) is 4.59.